The lowest BCUT2D eigenvalue weighted by Gasteiger charge is -2.30. The molecule has 3 aromatic rings. The van der Waals surface area contributed by atoms with Crippen molar-refractivity contribution in [2.75, 3.05) is 0 Å². The summed E-state index contributed by atoms with van der Waals surface area (Å²) in [6.07, 6.45) is -4.97. The van der Waals surface area contributed by atoms with Crippen LogP contribution in [0.1, 0.15) is 22.7 Å². The summed E-state index contributed by atoms with van der Waals surface area (Å²) in [6, 6.07) is 12.6. The summed E-state index contributed by atoms with van der Waals surface area (Å²) in [6.45, 7) is -0.900. The highest BCUT2D eigenvalue weighted by Crippen LogP contribution is 2.36. The van der Waals surface area contributed by atoms with Crippen LogP contribution in [0.4, 0.5) is 17.6 Å². The summed E-state index contributed by atoms with van der Waals surface area (Å²) in [4.78, 5) is 12.1. The molecule has 3 rings (SSSR count). The second-order valence-corrected chi connectivity index (χ2v) is 9.35. The summed E-state index contributed by atoms with van der Waals surface area (Å²) < 4.78 is 81.9. The SMILES string of the molecule is NC(=O)C(c1ccccc1)N(Cc1ccc(F)cc1C(F)(F)F)S(=O)(=O)c1ccc(Cl)cc1. The van der Waals surface area contributed by atoms with Crippen molar-refractivity contribution in [2.24, 2.45) is 5.73 Å². The quantitative estimate of drug-likeness (QED) is 0.468. The van der Waals surface area contributed by atoms with Crippen molar-refractivity contribution >= 4 is 27.5 Å². The highest BCUT2D eigenvalue weighted by molar-refractivity contribution is 7.89. The summed E-state index contributed by atoms with van der Waals surface area (Å²) in [7, 11) is -4.57. The van der Waals surface area contributed by atoms with E-state index >= 15 is 0 Å². The Balaban J connectivity index is 2.22. The third kappa shape index (κ3) is 5.52. The van der Waals surface area contributed by atoms with Crippen molar-refractivity contribution in [3.05, 3.63) is 100 Å². The molecular weight excluding hydrogens is 484 g/mol. The summed E-state index contributed by atoms with van der Waals surface area (Å²) in [5, 5.41) is 0.230. The Morgan fingerprint density at radius 2 is 1.61 bits per heavy atom. The van der Waals surface area contributed by atoms with Crippen molar-refractivity contribution < 1.29 is 30.8 Å². The molecule has 0 aliphatic carbocycles. The number of sulfonamides is 1. The standard InChI is InChI=1S/C22H17ClF4N2O3S/c23-16-7-10-18(11-8-16)33(31,32)29(20(21(28)30)14-4-2-1-3-5-14)13-15-6-9-17(24)12-19(15)22(25,26)27/h1-12,20H,13H2,(H2,28,30). The fourth-order valence-electron chi connectivity index (χ4n) is 3.28. The number of carbonyl (C=O) groups excluding carboxylic acids is 1. The monoisotopic (exact) mass is 500 g/mol. The second-order valence-electron chi connectivity index (χ2n) is 7.02. The van der Waals surface area contributed by atoms with Crippen LogP contribution in [0.3, 0.4) is 0 Å². The minimum atomic E-state index is -4.97. The maximum Gasteiger partial charge on any atom is 0.416 e. The zero-order valence-electron chi connectivity index (χ0n) is 16.8. The lowest BCUT2D eigenvalue weighted by Crippen LogP contribution is -2.41. The van der Waals surface area contributed by atoms with Crippen LogP contribution >= 0.6 is 11.6 Å². The van der Waals surface area contributed by atoms with E-state index in [2.05, 4.69) is 0 Å². The molecule has 1 amide bonds. The van der Waals surface area contributed by atoms with E-state index in [1.807, 2.05) is 0 Å². The van der Waals surface area contributed by atoms with Crippen LogP contribution < -0.4 is 5.73 Å². The zero-order chi connectivity index (χ0) is 24.4. The van der Waals surface area contributed by atoms with Crippen LogP contribution in [0.15, 0.2) is 77.7 Å². The van der Waals surface area contributed by atoms with E-state index in [-0.39, 0.29) is 21.5 Å². The number of benzene rings is 3. The van der Waals surface area contributed by atoms with E-state index in [4.69, 9.17) is 17.3 Å². The Morgan fingerprint density at radius 1 is 1.00 bits per heavy atom. The number of hydrogen-bond acceptors (Lipinski definition) is 3. The number of nitrogens with two attached hydrogens (primary N) is 1. The molecule has 0 aromatic heterocycles. The largest absolute Gasteiger partial charge is 0.416 e. The Kier molecular flexibility index (Phi) is 7.11. The van der Waals surface area contributed by atoms with E-state index in [0.29, 0.717) is 4.31 Å². The van der Waals surface area contributed by atoms with Crippen molar-refractivity contribution in [2.45, 2.75) is 23.7 Å². The van der Waals surface area contributed by atoms with E-state index < -0.39 is 51.6 Å². The molecule has 1 unspecified atom stereocenters. The lowest BCUT2D eigenvalue weighted by atomic mass is 10.0. The normalized spacial score (nSPS) is 13.2. The van der Waals surface area contributed by atoms with Crippen molar-refractivity contribution in [1.82, 2.24) is 4.31 Å². The number of nitrogens with zero attached hydrogens (tertiary/aromatic N) is 1. The fraction of sp³-hybridized carbons (Fsp3) is 0.136. The van der Waals surface area contributed by atoms with Gasteiger partial charge in [0.25, 0.3) is 0 Å². The fourth-order valence-corrected chi connectivity index (χ4v) is 4.97. The molecular formula is C22H17ClF4N2O3S. The van der Waals surface area contributed by atoms with Crippen LogP contribution in [0.25, 0.3) is 0 Å². The minimum absolute atomic E-state index is 0.151. The molecule has 2 N–H and O–H groups in total. The molecule has 0 bridgehead atoms. The molecule has 33 heavy (non-hydrogen) atoms. The number of rotatable bonds is 7. The molecule has 0 saturated heterocycles. The average Bonchev–Trinajstić information content (AvgIpc) is 2.74. The number of primary amides is 1. The van der Waals surface area contributed by atoms with Gasteiger partial charge in [-0.25, -0.2) is 12.8 Å². The summed E-state index contributed by atoms with van der Waals surface area (Å²) >= 11 is 5.82. The van der Waals surface area contributed by atoms with Crippen LogP contribution in [0.5, 0.6) is 0 Å². The highest BCUT2D eigenvalue weighted by Gasteiger charge is 2.39. The molecule has 174 valence electrons. The van der Waals surface area contributed by atoms with E-state index in [1.165, 1.54) is 36.4 Å². The Morgan fingerprint density at radius 3 is 2.15 bits per heavy atom. The first-order valence-corrected chi connectivity index (χ1v) is 11.2. The maximum atomic E-state index is 13.6. The number of amides is 1. The van der Waals surface area contributed by atoms with E-state index in [9.17, 15) is 30.8 Å². The van der Waals surface area contributed by atoms with Gasteiger partial charge in [-0.05, 0) is 47.5 Å². The predicted molar refractivity (Wildman–Crippen MR) is 114 cm³/mol. The van der Waals surface area contributed by atoms with E-state index in [1.54, 1.807) is 6.07 Å². The third-order valence-electron chi connectivity index (χ3n) is 4.80. The Bertz CT molecular complexity index is 1250. The number of carbonyl (C=O) groups is 1. The topological polar surface area (TPSA) is 80.5 Å². The molecule has 0 aliphatic heterocycles. The first-order valence-electron chi connectivity index (χ1n) is 9.38. The highest BCUT2D eigenvalue weighted by atomic mass is 35.5. The average molecular weight is 501 g/mol. The van der Waals surface area contributed by atoms with Crippen LogP contribution in [0.2, 0.25) is 5.02 Å². The molecule has 0 saturated carbocycles. The van der Waals surface area contributed by atoms with Gasteiger partial charge in [0.05, 0.1) is 10.5 Å². The zero-order valence-corrected chi connectivity index (χ0v) is 18.3. The molecule has 3 aromatic carbocycles. The van der Waals surface area contributed by atoms with Gasteiger partial charge in [0.2, 0.25) is 15.9 Å². The van der Waals surface area contributed by atoms with Crippen LogP contribution in [0, 0.1) is 5.82 Å². The van der Waals surface area contributed by atoms with Gasteiger partial charge >= 0.3 is 6.18 Å². The third-order valence-corrected chi connectivity index (χ3v) is 6.87. The molecule has 0 aliphatic rings. The van der Waals surface area contributed by atoms with Gasteiger partial charge in [0, 0.05) is 11.6 Å². The number of halogens is 5. The molecule has 0 radical (unpaired) electrons. The molecule has 11 heteroatoms. The number of alkyl halides is 3. The first-order chi connectivity index (χ1) is 15.4. The smallest absolute Gasteiger partial charge is 0.368 e. The second kappa shape index (κ2) is 9.50. The van der Waals surface area contributed by atoms with Crippen molar-refractivity contribution in [3.63, 3.8) is 0 Å². The van der Waals surface area contributed by atoms with Crippen molar-refractivity contribution in [3.8, 4) is 0 Å². The molecule has 0 fully saturated rings. The van der Waals surface area contributed by atoms with Crippen molar-refractivity contribution in [1.29, 1.82) is 0 Å². The lowest BCUT2D eigenvalue weighted by molar-refractivity contribution is -0.138. The van der Waals surface area contributed by atoms with Gasteiger partial charge in [-0.1, -0.05) is 48.0 Å². The minimum Gasteiger partial charge on any atom is -0.368 e. The van der Waals surface area contributed by atoms with Gasteiger partial charge in [-0.3, -0.25) is 4.79 Å². The summed E-state index contributed by atoms with van der Waals surface area (Å²) in [5.41, 5.74) is 3.76. The predicted octanol–water partition coefficient (Wildman–Crippen LogP) is 4.92. The Hall–Kier alpha value is -2.95. The first kappa shape index (κ1) is 24.7. The maximum absolute atomic E-state index is 13.6. The van der Waals surface area contributed by atoms with E-state index in [0.717, 1.165) is 24.3 Å². The van der Waals surface area contributed by atoms with Crippen LogP contribution in [-0.2, 0) is 27.5 Å². The van der Waals surface area contributed by atoms with Gasteiger partial charge in [0.1, 0.15) is 11.9 Å². The molecule has 0 heterocycles. The number of hydrogen-bond donors (Lipinski definition) is 1. The summed E-state index contributed by atoms with van der Waals surface area (Å²) in [5.74, 6) is -2.25. The molecule has 1 atom stereocenters. The van der Waals surface area contributed by atoms with Gasteiger partial charge in [-0.2, -0.15) is 17.5 Å². The molecule has 5 nitrogen and oxygen atoms in total. The van der Waals surface area contributed by atoms with Gasteiger partial charge < -0.3 is 5.73 Å². The van der Waals surface area contributed by atoms with Gasteiger partial charge in [-0.15, -0.1) is 0 Å². The van der Waals surface area contributed by atoms with Crippen LogP contribution in [-0.4, -0.2) is 18.6 Å². The van der Waals surface area contributed by atoms with Gasteiger partial charge in [0.15, 0.2) is 0 Å². The molecule has 0 spiro atoms. The Labute approximate surface area is 192 Å².